The quantitative estimate of drug-likeness (QED) is 0.418. The number of para-hydroxylation sites is 1. The summed E-state index contributed by atoms with van der Waals surface area (Å²) in [6.07, 6.45) is 0. The zero-order chi connectivity index (χ0) is 17.7. The molecule has 0 aliphatic heterocycles. The lowest BCUT2D eigenvalue weighted by molar-refractivity contribution is 0.203. The predicted molar refractivity (Wildman–Crippen MR) is 102 cm³/mol. The number of guanidine groups is 1. The van der Waals surface area contributed by atoms with Crippen LogP contribution in [0, 0.1) is 0 Å². The number of hydrogen-bond donors (Lipinski definition) is 2. The third-order valence-corrected chi connectivity index (χ3v) is 3.50. The summed E-state index contributed by atoms with van der Waals surface area (Å²) in [4.78, 5) is 4.61. The van der Waals surface area contributed by atoms with Gasteiger partial charge in [-0.25, -0.2) is 4.99 Å². The summed E-state index contributed by atoms with van der Waals surface area (Å²) in [6, 6.07) is 18.2. The van der Waals surface area contributed by atoms with Crippen molar-refractivity contribution in [2.45, 2.75) is 20.1 Å². The Morgan fingerprint density at radius 1 is 1.00 bits per heavy atom. The van der Waals surface area contributed by atoms with Gasteiger partial charge in [-0.15, -0.1) is 0 Å². The van der Waals surface area contributed by atoms with Gasteiger partial charge in [0.05, 0.1) is 13.2 Å². The van der Waals surface area contributed by atoms with Gasteiger partial charge < -0.3 is 20.1 Å². The van der Waals surface area contributed by atoms with Crippen molar-refractivity contribution < 1.29 is 9.47 Å². The molecule has 0 atom stereocenters. The Morgan fingerprint density at radius 2 is 1.80 bits per heavy atom. The van der Waals surface area contributed by atoms with E-state index in [1.165, 1.54) is 0 Å². The summed E-state index contributed by atoms with van der Waals surface area (Å²) in [6.45, 7) is 5.41. The van der Waals surface area contributed by atoms with Crippen LogP contribution in [0.3, 0.4) is 0 Å². The number of benzene rings is 2. The fourth-order valence-electron chi connectivity index (χ4n) is 2.28. The molecule has 0 spiro atoms. The van der Waals surface area contributed by atoms with E-state index in [1.54, 1.807) is 7.11 Å². The first-order valence-electron chi connectivity index (χ1n) is 8.58. The summed E-state index contributed by atoms with van der Waals surface area (Å²) < 4.78 is 10.9. The fraction of sp³-hybridized carbons (Fsp3) is 0.350. The molecule has 0 aromatic heterocycles. The maximum atomic E-state index is 5.80. The van der Waals surface area contributed by atoms with Crippen molar-refractivity contribution >= 4 is 5.96 Å². The number of nitrogens with zero attached hydrogens (tertiary/aromatic N) is 1. The van der Waals surface area contributed by atoms with Gasteiger partial charge in [-0.05, 0) is 30.2 Å². The lowest BCUT2D eigenvalue weighted by Gasteiger charge is -2.11. The van der Waals surface area contributed by atoms with Crippen LogP contribution >= 0.6 is 0 Å². The van der Waals surface area contributed by atoms with E-state index in [0.717, 1.165) is 35.9 Å². The first kappa shape index (κ1) is 18.8. The van der Waals surface area contributed by atoms with Gasteiger partial charge in [0, 0.05) is 20.2 Å². The van der Waals surface area contributed by atoms with Gasteiger partial charge in [-0.3, -0.25) is 0 Å². The Bertz CT molecular complexity index is 644. The van der Waals surface area contributed by atoms with Crippen LogP contribution in [0.2, 0.25) is 0 Å². The minimum Gasteiger partial charge on any atom is -0.489 e. The second-order valence-corrected chi connectivity index (χ2v) is 5.54. The van der Waals surface area contributed by atoms with Crippen molar-refractivity contribution in [3.8, 4) is 5.75 Å². The minimum absolute atomic E-state index is 0.549. The first-order chi connectivity index (χ1) is 12.3. The van der Waals surface area contributed by atoms with Crippen LogP contribution in [0.5, 0.6) is 5.75 Å². The van der Waals surface area contributed by atoms with Crippen LogP contribution in [-0.2, 0) is 17.9 Å². The summed E-state index contributed by atoms with van der Waals surface area (Å²) in [5.74, 6) is 1.67. The minimum atomic E-state index is 0.549. The maximum Gasteiger partial charge on any atom is 0.191 e. The Kier molecular flexibility index (Phi) is 8.35. The fourth-order valence-corrected chi connectivity index (χ4v) is 2.28. The smallest absolute Gasteiger partial charge is 0.191 e. The number of hydrogen-bond acceptors (Lipinski definition) is 3. The molecule has 0 saturated carbocycles. The molecule has 0 amide bonds. The van der Waals surface area contributed by atoms with Crippen LogP contribution in [-0.4, -0.2) is 32.8 Å². The van der Waals surface area contributed by atoms with Gasteiger partial charge in [0.1, 0.15) is 12.4 Å². The van der Waals surface area contributed by atoms with E-state index in [2.05, 4.69) is 40.7 Å². The summed E-state index contributed by atoms with van der Waals surface area (Å²) in [7, 11) is 1.69. The molecule has 0 saturated heterocycles. The molecule has 2 aromatic carbocycles. The molecular formula is C20H27N3O2. The van der Waals surface area contributed by atoms with Gasteiger partial charge in [0.15, 0.2) is 5.96 Å². The van der Waals surface area contributed by atoms with E-state index in [9.17, 15) is 0 Å². The Morgan fingerprint density at radius 3 is 2.56 bits per heavy atom. The van der Waals surface area contributed by atoms with Gasteiger partial charge >= 0.3 is 0 Å². The molecule has 25 heavy (non-hydrogen) atoms. The highest BCUT2D eigenvalue weighted by Gasteiger charge is 2.00. The number of methoxy groups -OCH3 is 1. The highest BCUT2D eigenvalue weighted by molar-refractivity contribution is 5.79. The molecule has 5 heteroatoms. The summed E-state index contributed by atoms with van der Waals surface area (Å²) >= 11 is 0. The monoisotopic (exact) mass is 341 g/mol. The predicted octanol–water partition coefficient (Wildman–Crippen LogP) is 2.97. The number of ether oxygens (including phenoxy) is 2. The molecule has 2 aromatic rings. The van der Waals surface area contributed by atoms with Crippen LogP contribution in [0.4, 0.5) is 0 Å². The highest BCUT2D eigenvalue weighted by Crippen LogP contribution is 2.13. The topological polar surface area (TPSA) is 54.9 Å². The molecule has 0 bridgehead atoms. The molecule has 5 nitrogen and oxygen atoms in total. The van der Waals surface area contributed by atoms with E-state index >= 15 is 0 Å². The van der Waals surface area contributed by atoms with Crippen LogP contribution in [0.15, 0.2) is 59.6 Å². The van der Waals surface area contributed by atoms with Crippen molar-refractivity contribution in [2.75, 3.05) is 26.8 Å². The number of nitrogens with one attached hydrogen (secondary N) is 2. The van der Waals surface area contributed by atoms with E-state index in [-0.39, 0.29) is 0 Å². The normalized spacial score (nSPS) is 11.2. The standard InChI is InChI=1S/C20H27N3O2/c1-3-21-20(22-12-13-24-2)23-15-17-8-7-9-18(14-17)16-25-19-10-5-4-6-11-19/h4-11,14H,3,12-13,15-16H2,1-2H3,(H2,21,22,23). The van der Waals surface area contributed by atoms with E-state index in [1.807, 2.05) is 36.4 Å². The van der Waals surface area contributed by atoms with Crippen molar-refractivity contribution in [2.24, 2.45) is 4.99 Å². The van der Waals surface area contributed by atoms with Crippen LogP contribution < -0.4 is 15.4 Å². The van der Waals surface area contributed by atoms with E-state index in [0.29, 0.717) is 19.8 Å². The van der Waals surface area contributed by atoms with Crippen LogP contribution in [0.1, 0.15) is 18.1 Å². The van der Waals surface area contributed by atoms with Crippen molar-refractivity contribution in [3.05, 3.63) is 65.7 Å². The van der Waals surface area contributed by atoms with Gasteiger partial charge in [0.2, 0.25) is 0 Å². The first-order valence-corrected chi connectivity index (χ1v) is 8.58. The SMILES string of the molecule is CCNC(=NCc1cccc(COc2ccccc2)c1)NCCOC. The van der Waals surface area contributed by atoms with Gasteiger partial charge in [0.25, 0.3) is 0 Å². The lowest BCUT2D eigenvalue weighted by Crippen LogP contribution is -2.38. The average molecular weight is 341 g/mol. The van der Waals surface area contributed by atoms with Crippen molar-refractivity contribution in [1.82, 2.24) is 10.6 Å². The lowest BCUT2D eigenvalue weighted by atomic mass is 10.1. The molecule has 0 aliphatic carbocycles. The molecular weight excluding hydrogens is 314 g/mol. The molecule has 2 rings (SSSR count). The van der Waals surface area contributed by atoms with Crippen molar-refractivity contribution in [3.63, 3.8) is 0 Å². The largest absolute Gasteiger partial charge is 0.489 e. The van der Waals surface area contributed by atoms with E-state index < -0.39 is 0 Å². The zero-order valence-corrected chi connectivity index (χ0v) is 15.0. The third-order valence-electron chi connectivity index (χ3n) is 3.50. The number of aliphatic imine (C=N–C) groups is 1. The van der Waals surface area contributed by atoms with Crippen LogP contribution in [0.25, 0.3) is 0 Å². The Balaban J connectivity index is 1.91. The highest BCUT2D eigenvalue weighted by atomic mass is 16.5. The average Bonchev–Trinajstić information content (AvgIpc) is 2.66. The molecule has 0 aliphatic rings. The second-order valence-electron chi connectivity index (χ2n) is 5.54. The van der Waals surface area contributed by atoms with Gasteiger partial charge in [-0.1, -0.05) is 42.5 Å². The molecule has 0 fully saturated rings. The maximum absolute atomic E-state index is 5.80. The molecule has 2 N–H and O–H groups in total. The second kappa shape index (κ2) is 11.1. The Hall–Kier alpha value is -2.53. The zero-order valence-electron chi connectivity index (χ0n) is 15.0. The summed E-state index contributed by atoms with van der Waals surface area (Å²) in [5.41, 5.74) is 2.28. The molecule has 0 heterocycles. The Labute approximate surface area is 150 Å². The summed E-state index contributed by atoms with van der Waals surface area (Å²) in [5, 5.41) is 6.47. The third kappa shape index (κ3) is 7.27. The number of rotatable bonds is 9. The molecule has 0 unspecified atom stereocenters. The molecule has 0 radical (unpaired) electrons. The molecule has 134 valence electrons. The van der Waals surface area contributed by atoms with Gasteiger partial charge in [-0.2, -0.15) is 0 Å². The van der Waals surface area contributed by atoms with E-state index in [4.69, 9.17) is 9.47 Å². The van der Waals surface area contributed by atoms with Crippen molar-refractivity contribution in [1.29, 1.82) is 0 Å².